The SMILES string of the molecule is O=C(Cc1ccc(Br)cc1)Nc1cccc(C(=O)O)c1O. The molecule has 0 heterocycles. The highest BCUT2D eigenvalue weighted by Gasteiger charge is 2.14. The fourth-order valence-electron chi connectivity index (χ4n) is 1.80. The first-order valence-corrected chi connectivity index (χ1v) is 6.86. The van der Waals surface area contributed by atoms with E-state index < -0.39 is 11.7 Å². The summed E-state index contributed by atoms with van der Waals surface area (Å²) in [5.74, 6) is -2.04. The highest BCUT2D eigenvalue weighted by molar-refractivity contribution is 9.10. The molecule has 0 aliphatic rings. The number of halogens is 1. The second-order valence-corrected chi connectivity index (χ2v) is 5.27. The van der Waals surface area contributed by atoms with Gasteiger partial charge in [-0.05, 0) is 29.8 Å². The normalized spacial score (nSPS) is 10.1. The average molecular weight is 350 g/mol. The van der Waals surface area contributed by atoms with Gasteiger partial charge in [0.15, 0.2) is 5.75 Å². The van der Waals surface area contributed by atoms with Crippen LogP contribution >= 0.6 is 15.9 Å². The van der Waals surface area contributed by atoms with Gasteiger partial charge in [0.25, 0.3) is 0 Å². The first-order chi connectivity index (χ1) is 9.97. The van der Waals surface area contributed by atoms with Gasteiger partial charge in [-0.25, -0.2) is 4.79 Å². The van der Waals surface area contributed by atoms with Crippen molar-refractivity contribution in [1.82, 2.24) is 0 Å². The number of para-hydroxylation sites is 1. The number of carboxylic acid groups (broad SMARTS) is 1. The number of amides is 1. The number of benzene rings is 2. The number of carboxylic acids is 1. The van der Waals surface area contributed by atoms with Crippen molar-refractivity contribution in [1.29, 1.82) is 0 Å². The van der Waals surface area contributed by atoms with Gasteiger partial charge in [0.05, 0.1) is 12.1 Å². The summed E-state index contributed by atoms with van der Waals surface area (Å²) in [6.45, 7) is 0. The number of phenols is 1. The summed E-state index contributed by atoms with van der Waals surface area (Å²) in [5, 5.41) is 21.2. The van der Waals surface area contributed by atoms with Crippen molar-refractivity contribution in [2.75, 3.05) is 5.32 Å². The first kappa shape index (κ1) is 15.1. The quantitative estimate of drug-likeness (QED) is 0.740. The van der Waals surface area contributed by atoms with Crippen LogP contribution < -0.4 is 5.32 Å². The summed E-state index contributed by atoms with van der Waals surface area (Å²) in [6.07, 6.45) is 0.129. The number of hydrogen-bond donors (Lipinski definition) is 3. The van der Waals surface area contributed by atoms with Crippen LogP contribution in [0.15, 0.2) is 46.9 Å². The molecule has 2 rings (SSSR count). The molecule has 0 saturated heterocycles. The molecule has 1 amide bonds. The molecule has 2 aromatic carbocycles. The Hall–Kier alpha value is -2.34. The predicted molar refractivity (Wildman–Crippen MR) is 81.5 cm³/mol. The van der Waals surface area contributed by atoms with Gasteiger partial charge in [-0.1, -0.05) is 34.1 Å². The molecular formula is C15H12BrNO4. The molecule has 5 nitrogen and oxygen atoms in total. The van der Waals surface area contributed by atoms with Crippen molar-refractivity contribution in [3.63, 3.8) is 0 Å². The fourth-order valence-corrected chi connectivity index (χ4v) is 2.06. The van der Waals surface area contributed by atoms with E-state index in [1.807, 2.05) is 12.1 Å². The standard InChI is InChI=1S/C15H12BrNO4/c16-10-6-4-9(5-7-10)8-13(18)17-12-3-1-2-11(14(12)19)15(20)21/h1-7,19H,8H2,(H,17,18)(H,20,21). The highest BCUT2D eigenvalue weighted by Crippen LogP contribution is 2.27. The van der Waals surface area contributed by atoms with Gasteiger partial charge < -0.3 is 15.5 Å². The van der Waals surface area contributed by atoms with Crippen LogP contribution in [0.4, 0.5) is 5.69 Å². The summed E-state index contributed by atoms with van der Waals surface area (Å²) in [6, 6.07) is 11.4. The van der Waals surface area contributed by atoms with E-state index in [4.69, 9.17) is 5.11 Å². The minimum atomic E-state index is -1.25. The minimum Gasteiger partial charge on any atom is -0.505 e. The third kappa shape index (κ3) is 3.82. The zero-order chi connectivity index (χ0) is 15.4. The Bertz CT molecular complexity index is 683. The molecule has 6 heteroatoms. The van der Waals surface area contributed by atoms with Gasteiger partial charge >= 0.3 is 5.97 Å². The third-order valence-electron chi connectivity index (χ3n) is 2.82. The van der Waals surface area contributed by atoms with E-state index in [1.54, 1.807) is 12.1 Å². The van der Waals surface area contributed by atoms with Gasteiger partial charge in [0, 0.05) is 4.47 Å². The summed E-state index contributed by atoms with van der Waals surface area (Å²) in [5.41, 5.74) is 0.637. The molecule has 3 N–H and O–H groups in total. The van der Waals surface area contributed by atoms with Crippen molar-refractivity contribution in [3.8, 4) is 5.75 Å². The maximum Gasteiger partial charge on any atom is 0.339 e. The van der Waals surface area contributed by atoms with Crippen LogP contribution in [0.2, 0.25) is 0 Å². The molecule has 0 unspecified atom stereocenters. The topological polar surface area (TPSA) is 86.6 Å². The zero-order valence-corrected chi connectivity index (χ0v) is 12.4. The second-order valence-electron chi connectivity index (χ2n) is 4.36. The van der Waals surface area contributed by atoms with Crippen molar-refractivity contribution >= 4 is 33.5 Å². The van der Waals surface area contributed by atoms with Crippen molar-refractivity contribution in [2.45, 2.75) is 6.42 Å². The van der Waals surface area contributed by atoms with Gasteiger partial charge in [-0.3, -0.25) is 4.79 Å². The number of rotatable bonds is 4. The lowest BCUT2D eigenvalue weighted by Gasteiger charge is -2.09. The van der Waals surface area contributed by atoms with Gasteiger partial charge in [0.2, 0.25) is 5.91 Å². The highest BCUT2D eigenvalue weighted by atomic mass is 79.9. The number of aromatic hydroxyl groups is 1. The third-order valence-corrected chi connectivity index (χ3v) is 3.35. The molecule has 0 aliphatic carbocycles. The van der Waals surface area contributed by atoms with Crippen LogP contribution in [0.3, 0.4) is 0 Å². The lowest BCUT2D eigenvalue weighted by Crippen LogP contribution is -2.15. The van der Waals surface area contributed by atoms with E-state index in [-0.39, 0.29) is 23.6 Å². The first-order valence-electron chi connectivity index (χ1n) is 6.07. The van der Waals surface area contributed by atoms with Gasteiger partial charge in [-0.15, -0.1) is 0 Å². The Labute approximate surface area is 129 Å². The molecule has 0 spiro atoms. The molecular weight excluding hydrogens is 338 g/mol. The molecule has 21 heavy (non-hydrogen) atoms. The number of aromatic carboxylic acids is 1. The molecule has 2 aromatic rings. The maximum atomic E-state index is 11.9. The van der Waals surface area contributed by atoms with E-state index >= 15 is 0 Å². The Kier molecular flexibility index (Phi) is 4.59. The van der Waals surface area contributed by atoms with Gasteiger partial charge in [0.1, 0.15) is 5.56 Å². The number of hydrogen-bond acceptors (Lipinski definition) is 3. The second kappa shape index (κ2) is 6.41. The summed E-state index contributed by atoms with van der Waals surface area (Å²) in [7, 11) is 0. The van der Waals surface area contributed by atoms with E-state index in [0.29, 0.717) is 0 Å². The maximum absolute atomic E-state index is 11.9. The zero-order valence-electron chi connectivity index (χ0n) is 10.8. The lowest BCUT2D eigenvalue weighted by molar-refractivity contribution is -0.115. The summed E-state index contributed by atoms with van der Waals surface area (Å²) >= 11 is 3.31. The molecule has 0 fully saturated rings. The molecule has 0 saturated carbocycles. The van der Waals surface area contributed by atoms with Gasteiger partial charge in [-0.2, -0.15) is 0 Å². The van der Waals surface area contributed by atoms with Crippen LogP contribution in [0, 0.1) is 0 Å². The predicted octanol–water partition coefficient (Wildman–Crippen LogP) is 3.03. The smallest absolute Gasteiger partial charge is 0.339 e. The number of anilines is 1. The Balaban J connectivity index is 2.11. The summed E-state index contributed by atoms with van der Waals surface area (Å²) in [4.78, 5) is 22.8. The molecule has 0 aliphatic heterocycles. The molecule has 0 aromatic heterocycles. The number of nitrogens with one attached hydrogen (secondary N) is 1. The van der Waals surface area contributed by atoms with Crippen LogP contribution in [-0.2, 0) is 11.2 Å². The molecule has 0 atom stereocenters. The molecule has 0 bridgehead atoms. The fraction of sp³-hybridized carbons (Fsp3) is 0.0667. The van der Waals surface area contributed by atoms with Crippen LogP contribution in [0.1, 0.15) is 15.9 Å². The molecule has 108 valence electrons. The Morgan fingerprint density at radius 2 is 1.76 bits per heavy atom. The number of carbonyl (C=O) groups is 2. The van der Waals surface area contributed by atoms with E-state index in [2.05, 4.69) is 21.2 Å². The Morgan fingerprint density at radius 1 is 1.10 bits per heavy atom. The van der Waals surface area contributed by atoms with E-state index in [0.717, 1.165) is 10.0 Å². The Morgan fingerprint density at radius 3 is 2.38 bits per heavy atom. The number of carbonyl (C=O) groups excluding carboxylic acids is 1. The van der Waals surface area contributed by atoms with Crippen molar-refractivity contribution < 1.29 is 19.8 Å². The van der Waals surface area contributed by atoms with E-state index in [1.165, 1.54) is 18.2 Å². The van der Waals surface area contributed by atoms with Crippen LogP contribution in [0.25, 0.3) is 0 Å². The monoisotopic (exact) mass is 349 g/mol. The largest absolute Gasteiger partial charge is 0.505 e. The average Bonchev–Trinajstić information content (AvgIpc) is 2.43. The van der Waals surface area contributed by atoms with Crippen molar-refractivity contribution in [3.05, 3.63) is 58.1 Å². The van der Waals surface area contributed by atoms with Crippen LogP contribution in [-0.4, -0.2) is 22.1 Å². The lowest BCUT2D eigenvalue weighted by atomic mass is 10.1. The van der Waals surface area contributed by atoms with E-state index in [9.17, 15) is 14.7 Å². The molecule has 0 radical (unpaired) electrons. The summed E-state index contributed by atoms with van der Waals surface area (Å²) < 4.78 is 0.915. The van der Waals surface area contributed by atoms with Crippen molar-refractivity contribution in [2.24, 2.45) is 0 Å². The minimum absolute atomic E-state index is 0.0806. The van der Waals surface area contributed by atoms with Crippen LogP contribution in [0.5, 0.6) is 5.75 Å².